The van der Waals surface area contributed by atoms with Crippen LogP contribution < -0.4 is 10.2 Å². The number of aryl methyl sites for hydroxylation is 1. The molecule has 0 aliphatic heterocycles. The molecule has 2 aliphatic rings. The Balaban J connectivity index is 1.74. The van der Waals surface area contributed by atoms with Crippen molar-refractivity contribution in [3.05, 3.63) is 10.6 Å². The van der Waals surface area contributed by atoms with Gasteiger partial charge >= 0.3 is 0 Å². The number of nitrogens with zero attached hydrogens (tertiary/aromatic N) is 2. The quantitative estimate of drug-likeness (QED) is 0.748. The lowest BCUT2D eigenvalue weighted by Gasteiger charge is -2.21. The highest BCUT2D eigenvalue weighted by Crippen LogP contribution is 2.40. The standard InChI is InChI=1S/C17H29N3S/c1-4-5-15-16(10-18-12(2)3)21-17(19-15)20(14-8-9-14)11-13-6-7-13/h12-14,18H,4-11H2,1-3H3. The van der Waals surface area contributed by atoms with Crippen LogP contribution in [0.1, 0.15) is 63.4 Å². The number of thiazole rings is 1. The van der Waals surface area contributed by atoms with Gasteiger partial charge in [-0.15, -0.1) is 11.3 Å². The molecule has 1 heterocycles. The van der Waals surface area contributed by atoms with Gasteiger partial charge in [0, 0.05) is 30.1 Å². The number of aromatic nitrogens is 1. The van der Waals surface area contributed by atoms with E-state index >= 15 is 0 Å². The van der Waals surface area contributed by atoms with Gasteiger partial charge in [-0.2, -0.15) is 0 Å². The van der Waals surface area contributed by atoms with E-state index in [-0.39, 0.29) is 0 Å². The number of nitrogens with one attached hydrogen (secondary N) is 1. The van der Waals surface area contributed by atoms with Gasteiger partial charge in [0.15, 0.2) is 5.13 Å². The zero-order valence-corrected chi connectivity index (χ0v) is 14.5. The van der Waals surface area contributed by atoms with Crippen molar-refractivity contribution in [1.82, 2.24) is 10.3 Å². The minimum absolute atomic E-state index is 0.538. The van der Waals surface area contributed by atoms with Gasteiger partial charge in [0.05, 0.1) is 5.69 Å². The fraction of sp³-hybridized carbons (Fsp3) is 0.824. The summed E-state index contributed by atoms with van der Waals surface area (Å²) in [6.07, 6.45) is 7.90. The minimum atomic E-state index is 0.538. The van der Waals surface area contributed by atoms with Crippen LogP contribution in [-0.2, 0) is 13.0 Å². The zero-order chi connectivity index (χ0) is 14.8. The summed E-state index contributed by atoms with van der Waals surface area (Å²) in [7, 11) is 0. The van der Waals surface area contributed by atoms with Crippen molar-refractivity contribution >= 4 is 16.5 Å². The lowest BCUT2D eigenvalue weighted by atomic mass is 10.2. The van der Waals surface area contributed by atoms with Crippen LogP contribution in [0, 0.1) is 5.92 Å². The molecule has 3 nitrogen and oxygen atoms in total. The molecule has 0 unspecified atom stereocenters. The van der Waals surface area contributed by atoms with Gasteiger partial charge in [-0.3, -0.25) is 0 Å². The molecule has 0 aromatic carbocycles. The summed E-state index contributed by atoms with van der Waals surface area (Å²) in [4.78, 5) is 9.11. The van der Waals surface area contributed by atoms with Gasteiger partial charge in [0.1, 0.15) is 0 Å². The molecule has 2 aliphatic carbocycles. The van der Waals surface area contributed by atoms with E-state index < -0.39 is 0 Å². The van der Waals surface area contributed by atoms with Gasteiger partial charge in [-0.05, 0) is 38.0 Å². The van der Waals surface area contributed by atoms with E-state index in [1.54, 1.807) is 0 Å². The highest BCUT2D eigenvalue weighted by Gasteiger charge is 2.35. The minimum Gasteiger partial charge on any atom is -0.345 e. The Bertz CT molecular complexity index is 461. The lowest BCUT2D eigenvalue weighted by molar-refractivity contribution is 0.589. The van der Waals surface area contributed by atoms with Crippen LogP contribution in [-0.4, -0.2) is 23.6 Å². The second-order valence-corrected chi connectivity index (χ2v) is 8.04. The zero-order valence-electron chi connectivity index (χ0n) is 13.7. The molecule has 0 bridgehead atoms. The Morgan fingerprint density at radius 1 is 1.29 bits per heavy atom. The van der Waals surface area contributed by atoms with Crippen LogP contribution in [0.15, 0.2) is 0 Å². The van der Waals surface area contributed by atoms with E-state index in [1.165, 1.54) is 54.4 Å². The Morgan fingerprint density at radius 2 is 2.05 bits per heavy atom. The number of hydrogen-bond acceptors (Lipinski definition) is 4. The molecule has 0 radical (unpaired) electrons. The first kappa shape index (κ1) is 15.3. The summed E-state index contributed by atoms with van der Waals surface area (Å²) in [5, 5.41) is 4.86. The summed E-state index contributed by atoms with van der Waals surface area (Å²) in [5.74, 6) is 0.946. The van der Waals surface area contributed by atoms with Crippen molar-refractivity contribution in [2.75, 3.05) is 11.4 Å². The molecule has 0 atom stereocenters. The maximum atomic E-state index is 5.02. The lowest BCUT2D eigenvalue weighted by Crippen LogP contribution is -2.27. The van der Waals surface area contributed by atoms with Crippen molar-refractivity contribution in [2.24, 2.45) is 5.92 Å². The molecule has 1 aromatic rings. The molecular weight excluding hydrogens is 278 g/mol. The van der Waals surface area contributed by atoms with Crippen LogP contribution in [0.5, 0.6) is 0 Å². The molecule has 2 saturated carbocycles. The number of rotatable bonds is 9. The van der Waals surface area contributed by atoms with E-state index in [2.05, 4.69) is 31.0 Å². The van der Waals surface area contributed by atoms with Gasteiger partial charge < -0.3 is 10.2 Å². The van der Waals surface area contributed by atoms with Crippen LogP contribution >= 0.6 is 11.3 Å². The van der Waals surface area contributed by atoms with E-state index in [0.29, 0.717) is 6.04 Å². The SMILES string of the molecule is CCCc1nc(N(CC2CC2)C2CC2)sc1CNC(C)C. The van der Waals surface area contributed by atoms with Crippen molar-refractivity contribution in [3.63, 3.8) is 0 Å². The fourth-order valence-electron chi connectivity index (χ4n) is 2.71. The number of hydrogen-bond donors (Lipinski definition) is 1. The first-order valence-corrected chi connectivity index (χ1v) is 9.47. The normalized spacial score (nSPS) is 18.5. The van der Waals surface area contributed by atoms with Crippen molar-refractivity contribution in [1.29, 1.82) is 0 Å². The highest BCUT2D eigenvalue weighted by molar-refractivity contribution is 7.15. The van der Waals surface area contributed by atoms with E-state index in [4.69, 9.17) is 4.98 Å². The third-order valence-electron chi connectivity index (χ3n) is 4.31. The largest absolute Gasteiger partial charge is 0.345 e. The van der Waals surface area contributed by atoms with Gasteiger partial charge in [0.2, 0.25) is 0 Å². The van der Waals surface area contributed by atoms with E-state index in [0.717, 1.165) is 24.9 Å². The average molecular weight is 308 g/mol. The van der Waals surface area contributed by atoms with Crippen LogP contribution in [0.4, 0.5) is 5.13 Å². The second-order valence-electron chi connectivity index (χ2n) is 6.98. The molecule has 3 rings (SSSR count). The highest BCUT2D eigenvalue weighted by atomic mass is 32.1. The van der Waals surface area contributed by atoms with Crippen molar-refractivity contribution < 1.29 is 0 Å². The molecule has 1 aromatic heterocycles. The maximum absolute atomic E-state index is 5.02. The second kappa shape index (κ2) is 6.66. The molecule has 0 spiro atoms. The molecule has 2 fully saturated rings. The summed E-state index contributed by atoms with van der Waals surface area (Å²) in [5.41, 5.74) is 1.34. The predicted octanol–water partition coefficient (Wildman–Crippen LogP) is 3.97. The summed E-state index contributed by atoms with van der Waals surface area (Å²) >= 11 is 1.94. The molecule has 1 N–H and O–H groups in total. The summed E-state index contributed by atoms with van der Waals surface area (Å²) in [6, 6.07) is 1.33. The first-order chi connectivity index (χ1) is 10.2. The van der Waals surface area contributed by atoms with Crippen LogP contribution in [0.25, 0.3) is 0 Å². The third kappa shape index (κ3) is 4.19. The average Bonchev–Trinajstić information content (AvgIpc) is 3.33. The van der Waals surface area contributed by atoms with Gasteiger partial charge in [-0.1, -0.05) is 27.2 Å². The maximum Gasteiger partial charge on any atom is 0.186 e. The van der Waals surface area contributed by atoms with Gasteiger partial charge in [0.25, 0.3) is 0 Å². The van der Waals surface area contributed by atoms with E-state index in [1.807, 2.05) is 11.3 Å². The van der Waals surface area contributed by atoms with Gasteiger partial charge in [-0.25, -0.2) is 4.98 Å². The van der Waals surface area contributed by atoms with Crippen molar-refractivity contribution in [2.45, 2.75) is 77.9 Å². The molecular formula is C17H29N3S. The molecule has 118 valence electrons. The molecule has 21 heavy (non-hydrogen) atoms. The first-order valence-electron chi connectivity index (χ1n) is 8.66. The topological polar surface area (TPSA) is 28.2 Å². The molecule has 0 amide bonds. The third-order valence-corrected chi connectivity index (χ3v) is 5.44. The van der Waals surface area contributed by atoms with Crippen LogP contribution in [0.3, 0.4) is 0 Å². The fourth-order valence-corrected chi connectivity index (χ4v) is 3.85. The van der Waals surface area contributed by atoms with Crippen LogP contribution in [0.2, 0.25) is 0 Å². The Hall–Kier alpha value is -0.610. The number of anilines is 1. The Labute approximate surface area is 133 Å². The smallest absolute Gasteiger partial charge is 0.186 e. The Morgan fingerprint density at radius 3 is 2.62 bits per heavy atom. The van der Waals surface area contributed by atoms with Crippen molar-refractivity contribution in [3.8, 4) is 0 Å². The summed E-state index contributed by atoms with van der Waals surface area (Å²) in [6.45, 7) is 8.91. The Kier molecular flexibility index (Phi) is 4.85. The molecule has 0 saturated heterocycles. The summed E-state index contributed by atoms with van der Waals surface area (Å²) < 4.78 is 0. The van der Waals surface area contributed by atoms with E-state index in [9.17, 15) is 0 Å². The predicted molar refractivity (Wildman–Crippen MR) is 91.2 cm³/mol. The molecule has 4 heteroatoms. The monoisotopic (exact) mass is 307 g/mol.